The van der Waals surface area contributed by atoms with Crippen molar-refractivity contribution in [3.05, 3.63) is 30.3 Å². The van der Waals surface area contributed by atoms with E-state index in [-0.39, 0.29) is 5.91 Å². The zero-order chi connectivity index (χ0) is 18.3. The molecule has 0 fully saturated rings. The summed E-state index contributed by atoms with van der Waals surface area (Å²) in [5.74, 6) is 0.954. The normalized spacial score (nSPS) is 11.1. The Morgan fingerprint density at radius 2 is 1.76 bits per heavy atom. The summed E-state index contributed by atoms with van der Waals surface area (Å²) >= 11 is 0. The van der Waals surface area contributed by atoms with Crippen LogP contribution < -0.4 is 16.0 Å². The van der Waals surface area contributed by atoms with Crippen LogP contribution in [0.25, 0.3) is 0 Å². The van der Waals surface area contributed by atoms with Gasteiger partial charge < -0.3 is 20.9 Å². The molecule has 3 N–H and O–H groups in total. The minimum Gasteiger partial charge on any atom is -0.385 e. The highest BCUT2D eigenvalue weighted by molar-refractivity contribution is 5.81. The van der Waals surface area contributed by atoms with Crippen molar-refractivity contribution in [2.45, 2.75) is 33.6 Å². The van der Waals surface area contributed by atoms with E-state index in [1.165, 1.54) is 0 Å². The van der Waals surface area contributed by atoms with Gasteiger partial charge >= 0.3 is 0 Å². The van der Waals surface area contributed by atoms with Crippen LogP contribution in [0.3, 0.4) is 0 Å². The molecule has 6 nitrogen and oxygen atoms in total. The lowest BCUT2D eigenvalue weighted by atomic mass is 10.3. The maximum absolute atomic E-state index is 12.0. The molecule has 0 aliphatic rings. The summed E-state index contributed by atoms with van der Waals surface area (Å²) in [6.45, 7) is 10.6. The zero-order valence-corrected chi connectivity index (χ0v) is 15.8. The molecule has 1 rings (SSSR count). The Labute approximate surface area is 152 Å². The molecule has 1 aromatic rings. The standard InChI is InChI=1S/C19H33N5O/c1-4-20-19(23-16-13-18(25)24(5-2)6-3)22-15-10-14-21-17-11-8-7-9-12-17/h7-9,11-12,21H,4-6,10,13-16H2,1-3H3,(H2,20,22,23). The van der Waals surface area contributed by atoms with Crippen molar-refractivity contribution in [1.82, 2.24) is 15.5 Å². The highest BCUT2D eigenvalue weighted by Crippen LogP contribution is 2.04. The van der Waals surface area contributed by atoms with E-state index in [0.717, 1.165) is 50.8 Å². The molecule has 0 unspecified atom stereocenters. The van der Waals surface area contributed by atoms with Gasteiger partial charge in [-0.05, 0) is 39.3 Å². The number of carbonyl (C=O) groups excluding carboxylic acids is 1. The van der Waals surface area contributed by atoms with E-state index in [0.29, 0.717) is 13.0 Å². The van der Waals surface area contributed by atoms with Crippen molar-refractivity contribution >= 4 is 17.6 Å². The number of carbonyl (C=O) groups is 1. The summed E-state index contributed by atoms with van der Waals surface area (Å²) in [4.78, 5) is 18.4. The lowest BCUT2D eigenvalue weighted by molar-refractivity contribution is -0.130. The van der Waals surface area contributed by atoms with Crippen molar-refractivity contribution in [2.75, 3.05) is 44.6 Å². The van der Waals surface area contributed by atoms with Crippen LogP contribution in [0, 0.1) is 0 Å². The number of guanidine groups is 1. The molecule has 1 amide bonds. The number of aliphatic imine (C=N–C) groups is 1. The van der Waals surface area contributed by atoms with Gasteiger partial charge in [0.1, 0.15) is 0 Å². The van der Waals surface area contributed by atoms with E-state index in [1.54, 1.807) is 0 Å². The first-order valence-corrected chi connectivity index (χ1v) is 9.30. The van der Waals surface area contributed by atoms with Crippen molar-refractivity contribution in [2.24, 2.45) is 4.99 Å². The summed E-state index contributed by atoms with van der Waals surface area (Å²) in [7, 11) is 0. The van der Waals surface area contributed by atoms with E-state index < -0.39 is 0 Å². The Bertz CT molecular complexity index is 500. The van der Waals surface area contributed by atoms with Crippen LogP contribution in [0.5, 0.6) is 0 Å². The van der Waals surface area contributed by atoms with Gasteiger partial charge in [-0.3, -0.25) is 9.79 Å². The third-order valence-corrected chi connectivity index (χ3v) is 3.80. The topological polar surface area (TPSA) is 68.8 Å². The summed E-state index contributed by atoms with van der Waals surface area (Å²) in [5.41, 5.74) is 1.13. The molecule has 0 aliphatic carbocycles. The molecule has 25 heavy (non-hydrogen) atoms. The molecule has 0 atom stereocenters. The molecular weight excluding hydrogens is 314 g/mol. The second-order valence-corrected chi connectivity index (χ2v) is 5.65. The predicted molar refractivity (Wildman–Crippen MR) is 106 cm³/mol. The highest BCUT2D eigenvalue weighted by atomic mass is 16.2. The van der Waals surface area contributed by atoms with E-state index >= 15 is 0 Å². The predicted octanol–water partition coefficient (Wildman–Crippen LogP) is 2.30. The monoisotopic (exact) mass is 347 g/mol. The van der Waals surface area contributed by atoms with Gasteiger partial charge in [0, 0.05) is 51.4 Å². The summed E-state index contributed by atoms with van der Waals surface area (Å²) in [6, 6.07) is 10.2. The van der Waals surface area contributed by atoms with Gasteiger partial charge in [0.05, 0.1) is 0 Å². The Morgan fingerprint density at radius 3 is 2.40 bits per heavy atom. The Balaban J connectivity index is 2.27. The maximum Gasteiger partial charge on any atom is 0.224 e. The Hall–Kier alpha value is -2.24. The number of anilines is 1. The lowest BCUT2D eigenvalue weighted by Gasteiger charge is -2.19. The Morgan fingerprint density at radius 1 is 1.04 bits per heavy atom. The first-order valence-electron chi connectivity index (χ1n) is 9.30. The quantitative estimate of drug-likeness (QED) is 0.326. The molecule has 0 aromatic heterocycles. The minimum atomic E-state index is 0.181. The molecule has 0 heterocycles. The number of hydrogen-bond acceptors (Lipinski definition) is 3. The van der Waals surface area contributed by atoms with Crippen LogP contribution in [0.2, 0.25) is 0 Å². The SMILES string of the molecule is CCNC(=NCCCNc1ccccc1)NCCC(=O)N(CC)CC. The molecule has 6 heteroatoms. The van der Waals surface area contributed by atoms with Crippen LogP contribution in [-0.2, 0) is 4.79 Å². The molecule has 1 aromatic carbocycles. The molecular formula is C19H33N5O. The first-order chi connectivity index (χ1) is 12.2. The summed E-state index contributed by atoms with van der Waals surface area (Å²) < 4.78 is 0. The third-order valence-electron chi connectivity index (χ3n) is 3.80. The van der Waals surface area contributed by atoms with E-state index in [9.17, 15) is 4.79 Å². The molecule has 0 spiro atoms. The molecule has 0 aliphatic heterocycles. The lowest BCUT2D eigenvalue weighted by Crippen LogP contribution is -2.40. The maximum atomic E-state index is 12.0. The second-order valence-electron chi connectivity index (χ2n) is 5.65. The number of benzene rings is 1. The van der Waals surface area contributed by atoms with E-state index in [4.69, 9.17) is 0 Å². The van der Waals surface area contributed by atoms with Crippen molar-refractivity contribution in [3.8, 4) is 0 Å². The first kappa shape index (κ1) is 20.8. The van der Waals surface area contributed by atoms with Gasteiger partial charge in [-0.25, -0.2) is 0 Å². The third kappa shape index (κ3) is 8.98. The molecule has 140 valence electrons. The number of rotatable bonds is 11. The fourth-order valence-corrected chi connectivity index (χ4v) is 2.42. The number of hydrogen-bond donors (Lipinski definition) is 3. The molecule has 0 saturated heterocycles. The average molecular weight is 348 g/mol. The van der Waals surface area contributed by atoms with Crippen LogP contribution in [-0.4, -0.2) is 56.0 Å². The average Bonchev–Trinajstić information content (AvgIpc) is 2.63. The number of amides is 1. The Kier molecular flexibility index (Phi) is 10.9. The van der Waals surface area contributed by atoms with Crippen LogP contribution in [0.4, 0.5) is 5.69 Å². The largest absolute Gasteiger partial charge is 0.385 e. The zero-order valence-electron chi connectivity index (χ0n) is 15.8. The highest BCUT2D eigenvalue weighted by Gasteiger charge is 2.08. The fraction of sp³-hybridized carbons (Fsp3) is 0.579. The minimum absolute atomic E-state index is 0.181. The van der Waals surface area contributed by atoms with Crippen LogP contribution in [0.15, 0.2) is 35.3 Å². The van der Waals surface area contributed by atoms with Crippen LogP contribution in [0.1, 0.15) is 33.6 Å². The van der Waals surface area contributed by atoms with Gasteiger partial charge in [-0.15, -0.1) is 0 Å². The smallest absolute Gasteiger partial charge is 0.224 e. The second kappa shape index (κ2) is 13.1. The van der Waals surface area contributed by atoms with Crippen molar-refractivity contribution < 1.29 is 4.79 Å². The molecule has 0 radical (unpaired) electrons. The molecule has 0 saturated carbocycles. The van der Waals surface area contributed by atoms with Crippen molar-refractivity contribution in [3.63, 3.8) is 0 Å². The van der Waals surface area contributed by atoms with Gasteiger partial charge in [-0.1, -0.05) is 18.2 Å². The summed E-state index contributed by atoms with van der Waals surface area (Å²) in [5, 5.41) is 9.82. The van der Waals surface area contributed by atoms with Gasteiger partial charge in [-0.2, -0.15) is 0 Å². The van der Waals surface area contributed by atoms with E-state index in [2.05, 4.69) is 33.1 Å². The summed E-state index contributed by atoms with van der Waals surface area (Å²) in [6.07, 6.45) is 1.44. The number of nitrogens with zero attached hydrogens (tertiary/aromatic N) is 2. The van der Waals surface area contributed by atoms with Gasteiger partial charge in [0.2, 0.25) is 5.91 Å². The van der Waals surface area contributed by atoms with Gasteiger partial charge in [0.15, 0.2) is 5.96 Å². The van der Waals surface area contributed by atoms with Crippen molar-refractivity contribution in [1.29, 1.82) is 0 Å². The van der Waals surface area contributed by atoms with E-state index in [1.807, 2.05) is 43.9 Å². The number of nitrogens with one attached hydrogen (secondary N) is 3. The van der Waals surface area contributed by atoms with Crippen LogP contribution >= 0.6 is 0 Å². The fourth-order valence-electron chi connectivity index (χ4n) is 2.42. The number of para-hydroxylation sites is 1. The van der Waals surface area contributed by atoms with Gasteiger partial charge in [0.25, 0.3) is 0 Å². The molecule has 0 bridgehead atoms.